The van der Waals surface area contributed by atoms with Gasteiger partial charge >= 0.3 is 0 Å². The van der Waals surface area contributed by atoms with Gasteiger partial charge in [-0.2, -0.15) is 11.3 Å². The Morgan fingerprint density at radius 3 is 2.71 bits per heavy atom. The Morgan fingerprint density at radius 1 is 1.24 bits per heavy atom. The van der Waals surface area contributed by atoms with Gasteiger partial charge in [-0.1, -0.05) is 19.9 Å². The average molecular weight is 265 g/mol. The molecule has 2 aromatic rings. The van der Waals surface area contributed by atoms with Gasteiger partial charge in [0.15, 0.2) is 0 Å². The molecule has 0 spiro atoms. The molecule has 1 unspecified atom stereocenters. The SMILES string of the molecule is CC(C)C(NCCc1ccsc1)c1cccs1. The fourth-order valence-corrected chi connectivity index (χ4v) is 3.62. The van der Waals surface area contributed by atoms with Gasteiger partial charge < -0.3 is 5.32 Å². The van der Waals surface area contributed by atoms with Crippen molar-refractivity contribution in [3.8, 4) is 0 Å². The van der Waals surface area contributed by atoms with Crippen molar-refractivity contribution in [1.29, 1.82) is 0 Å². The van der Waals surface area contributed by atoms with Crippen molar-refractivity contribution in [1.82, 2.24) is 5.32 Å². The minimum atomic E-state index is 0.494. The molecular formula is C14H19NS2. The van der Waals surface area contributed by atoms with Crippen LogP contribution < -0.4 is 5.32 Å². The van der Waals surface area contributed by atoms with Crippen LogP contribution in [0.4, 0.5) is 0 Å². The highest BCUT2D eigenvalue weighted by Gasteiger charge is 2.15. The number of thiophene rings is 2. The summed E-state index contributed by atoms with van der Waals surface area (Å²) in [6.45, 7) is 5.61. The van der Waals surface area contributed by atoms with Gasteiger partial charge in [0, 0.05) is 10.9 Å². The maximum atomic E-state index is 3.67. The van der Waals surface area contributed by atoms with E-state index in [9.17, 15) is 0 Å². The number of hydrogen-bond acceptors (Lipinski definition) is 3. The second-order valence-corrected chi connectivity index (χ2v) is 6.33. The molecule has 1 nitrogen and oxygen atoms in total. The second kappa shape index (κ2) is 6.34. The largest absolute Gasteiger partial charge is 0.309 e. The third kappa shape index (κ3) is 3.66. The van der Waals surface area contributed by atoms with Crippen molar-refractivity contribution in [2.45, 2.75) is 26.3 Å². The summed E-state index contributed by atoms with van der Waals surface area (Å²) in [5.74, 6) is 0.635. The van der Waals surface area contributed by atoms with E-state index in [-0.39, 0.29) is 0 Å². The quantitative estimate of drug-likeness (QED) is 0.819. The average Bonchev–Trinajstić information content (AvgIpc) is 2.96. The van der Waals surface area contributed by atoms with E-state index in [0.717, 1.165) is 13.0 Å². The molecule has 0 radical (unpaired) electrons. The van der Waals surface area contributed by atoms with Crippen molar-refractivity contribution in [2.24, 2.45) is 5.92 Å². The molecule has 2 aromatic heterocycles. The van der Waals surface area contributed by atoms with Crippen molar-refractivity contribution in [3.63, 3.8) is 0 Å². The highest BCUT2D eigenvalue weighted by atomic mass is 32.1. The predicted molar refractivity (Wildman–Crippen MR) is 77.9 cm³/mol. The topological polar surface area (TPSA) is 12.0 Å². The molecule has 1 atom stereocenters. The van der Waals surface area contributed by atoms with Gasteiger partial charge in [-0.3, -0.25) is 0 Å². The molecule has 0 saturated carbocycles. The van der Waals surface area contributed by atoms with E-state index in [1.165, 1.54) is 10.4 Å². The molecule has 0 amide bonds. The number of hydrogen-bond donors (Lipinski definition) is 1. The van der Waals surface area contributed by atoms with E-state index in [0.29, 0.717) is 12.0 Å². The molecule has 0 bridgehead atoms. The molecule has 0 aromatic carbocycles. The lowest BCUT2D eigenvalue weighted by Gasteiger charge is -2.21. The van der Waals surface area contributed by atoms with Crippen LogP contribution >= 0.6 is 22.7 Å². The standard InChI is InChI=1S/C14H19NS2/c1-11(2)14(13-4-3-8-17-13)15-7-5-12-6-9-16-10-12/h3-4,6,8-11,14-15H,5,7H2,1-2H3. The van der Waals surface area contributed by atoms with Crippen LogP contribution in [0.25, 0.3) is 0 Å². The zero-order valence-electron chi connectivity index (χ0n) is 10.3. The van der Waals surface area contributed by atoms with Crippen LogP contribution in [0.2, 0.25) is 0 Å². The fraction of sp³-hybridized carbons (Fsp3) is 0.429. The van der Waals surface area contributed by atoms with Gasteiger partial charge in [0.1, 0.15) is 0 Å². The molecule has 0 saturated heterocycles. The molecule has 2 heterocycles. The van der Waals surface area contributed by atoms with Gasteiger partial charge in [0.05, 0.1) is 0 Å². The monoisotopic (exact) mass is 265 g/mol. The lowest BCUT2D eigenvalue weighted by atomic mass is 10.0. The van der Waals surface area contributed by atoms with Crippen LogP contribution in [0, 0.1) is 5.92 Å². The first kappa shape index (κ1) is 12.8. The third-order valence-electron chi connectivity index (χ3n) is 2.87. The molecule has 17 heavy (non-hydrogen) atoms. The Hall–Kier alpha value is -0.640. The van der Waals surface area contributed by atoms with E-state index >= 15 is 0 Å². The van der Waals surface area contributed by atoms with Gasteiger partial charge in [-0.25, -0.2) is 0 Å². The summed E-state index contributed by atoms with van der Waals surface area (Å²) >= 11 is 3.62. The summed E-state index contributed by atoms with van der Waals surface area (Å²) in [6.07, 6.45) is 1.12. The highest BCUT2D eigenvalue weighted by Crippen LogP contribution is 2.25. The minimum absolute atomic E-state index is 0.494. The molecule has 0 aliphatic heterocycles. The molecule has 92 valence electrons. The molecule has 0 aliphatic rings. The van der Waals surface area contributed by atoms with Crippen LogP contribution in [0.3, 0.4) is 0 Å². The molecule has 3 heteroatoms. The Labute approximate surface area is 112 Å². The Kier molecular flexibility index (Phi) is 4.77. The summed E-state index contributed by atoms with van der Waals surface area (Å²) < 4.78 is 0. The molecule has 0 fully saturated rings. The number of nitrogens with one attached hydrogen (secondary N) is 1. The zero-order valence-corrected chi connectivity index (χ0v) is 12.0. The van der Waals surface area contributed by atoms with E-state index in [1.54, 1.807) is 11.3 Å². The Balaban J connectivity index is 1.86. The van der Waals surface area contributed by atoms with E-state index in [1.807, 2.05) is 11.3 Å². The summed E-state index contributed by atoms with van der Waals surface area (Å²) in [6, 6.07) is 7.07. The minimum Gasteiger partial charge on any atom is -0.309 e. The summed E-state index contributed by atoms with van der Waals surface area (Å²) in [5, 5.41) is 10.2. The van der Waals surface area contributed by atoms with Crippen LogP contribution in [0.5, 0.6) is 0 Å². The van der Waals surface area contributed by atoms with Crippen LogP contribution in [-0.4, -0.2) is 6.54 Å². The number of rotatable bonds is 6. The smallest absolute Gasteiger partial charge is 0.0438 e. The van der Waals surface area contributed by atoms with Crippen molar-refractivity contribution >= 4 is 22.7 Å². The summed E-state index contributed by atoms with van der Waals surface area (Å²) in [4.78, 5) is 1.45. The maximum absolute atomic E-state index is 3.67. The normalized spacial score (nSPS) is 13.1. The van der Waals surface area contributed by atoms with E-state index in [2.05, 4.69) is 53.5 Å². The fourth-order valence-electron chi connectivity index (χ4n) is 1.94. The lowest BCUT2D eigenvalue weighted by Crippen LogP contribution is -2.26. The first-order valence-electron chi connectivity index (χ1n) is 6.05. The molecular weight excluding hydrogens is 246 g/mol. The first-order chi connectivity index (χ1) is 8.27. The highest BCUT2D eigenvalue weighted by molar-refractivity contribution is 7.10. The van der Waals surface area contributed by atoms with Crippen molar-refractivity contribution in [3.05, 3.63) is 44.8 Å². The van der Waals surface area contributed by atoms with Crippen LogP contribution in [-0.2, 0) is 6.42 Å². The Bertz CT molecular complexity index is 403. The molecule has 0 aliphatic carbocycles. The second-order valence-electron chi connectivity index (χ2n) is 4.57. The maximum Gasteiger partial charge on any atom is 0.0438 e. The van der Waals surface area contributed by atoms with Gasteiger partial charge in [0.2, 0.25) is 0 Å². The Morgan fingerprint density at radius 2 is 2.12 bits per heavy atom. The first-order valence-corrected chi connectivity index (χ1v) is 7.87. The zero-order chi connectivity index (χ0) is 12.1. The van der Waals surface area contributed by atoms with Gasteiger partial charge in [-0.15, -0.1) is 11.3 Å². The van der Waals surface area contributed by atoms with Crippen LogP contribution in [0.15, 0.2) is 34.3 Å². The van der Waals surface area contributed by atoms with E-state index < -0.39 is 0 Å². The summed E-state index contributed by atoms with van der Waals surface area (Å²) in [7, 11) is 0. The van der Waals surface area contributed by atoms with Crippen molar-refractivity contribution < 1.29 is 0 Å². The molecule has 2 rings (SSSR count). The summed E-state index contributed by atoms with van der Waals surface area (Å²) in [5.41, 5.74) is 1.44. The van der Waals surface area contributed by atoms with E-state index in [4.69, 9.17) is 0 Å². The lowest BCUT2D eigenvalue weighted by molar-refractivity contribution is 0.420. The van der Waals surface area contributed by atoms with Gasteiger partial charge in [-0.05, 0) is 52.7 Å². The predicted octanol–water partition coefficient (Wildman–Crippen LogP) is 4.34. The van der Waals surface area contributed by atoms with Crippen LogP contribution in [0.1, 0.15) is 30.3 Å². The third-order valence-corrected chi connectivity index (χ3v) is 4.56. The van der Waals surface area contributed by atoms with Gasteiger partial charge in [0.25, 0.3) is 0 Å². The molecule has 1 N–H and O–H groups in total. The van der Waals surface area contributed by atoms with Crippen molar-refractivity contribution in [2.75, 3.05) is 6.54 Å².